The third-order valence-electron chi connectivity index (χ3n) is 3.93. The summed E-state index contributed by atoms with van der Waals surface area (Å²) in [7, 11) is 0. The van der Waals surface area contributed by atoms with Gasteiger partial charge < -0.3 is 10.1 Å². The van der Waals surface area contributed by atoms with E-state index >= 15 is 0 Å². The van der Waals surface area contributed by atoms with Crippen molar-refractivity contribution in [3.63, 3.8) is 0 Å². The van der Waals surface area contributed by atoms with Crippen LogP contribution >= 0.6 is 11.6 Å². The minimum atomic E-state index is -1.00. The van der Waals surface area contributed by atoms with Crippen molar-refractivity contribution in [3.05, 3.63) is 65.9 Å². The quantitative estimate of drug-likeness (QED) is 0.676. The molecule has 2 heterocycles. The molecule has 0 spiro atoms. The Balaban J connectivity index is 1.51. The Morgan fingerprint density at radius 3 is 2.63 bits per heavy atom. The van der Waals surface area contributed by atoms with E-state index in [-0.39, 0.29) is 5.91 Å². The van der Waals surface area contributed by atoms with Gasteiger partial charge in [0.2, 0.25) is 0 Å². The fraction of sp³-hybridized carbons (Fsp3) is 0.250. The molecule has 0 saturated heterocycles. The summed E-state index contributed by atoms with van der Waals surface area (Å²) in [5, 5.41) is 7.98. The standard InChI is InChI=1S/C20H21ClN4O2/c1-20(2,27-16-8-6-15(21)7-9-16)19(26)23-12-14-25-13-10-18(24-25)17-5-3-4-11-22-17/h3-11,13H,12,14H2,1-2H3,(H,23,26). The second kappa shape index (κ2) is 8.22. The molecule has 3 rings (SSSR count). The molecule has 0 bridgehead atoms. The topological polar surface area (TPSA) is 69.0 Å². The summed E-state index contributed by atoms with van der Waals surface area (Å²) < 4.78 is 7.56. The number of rotatable bonds is 7. The molecule has 1 aromatic carbocycles. The first-order chi connectivity index (χ1) is 12.9. The van der Waals surface area contributed by atoms with Gasteiger partial charge >= 0.3 is 0 Å². The molecule has 140 valence electrons. The molecule has 0 aliphatic carbocycles. The van der Waals surface area contributed by atoms with Crippen molar-refractivity contribution >= 4 is 17.5 Å². The van der Waals surface area contributed by atoms with Crippen LogP contribution < -0.4 is 10.1 Å². The Hall–Kier alpha value is -2.86. The van der Waals surface area contributed by atoms with Gasteiger partial charge in [-0.25, -0.2) is 0 Å². The Labute approximate surface area is 163 Å². The van der Waals surface area contributed by atoms with Crippen LogP contribution in [0.25, 0.3) is 11.4 Å². The molecule has 0 fully saturated rings. The van der Waals surface area contributed by atoms with Gasteiger partial charge in [-0.2, -0.15) is 5.10 Å². The SMILES string of the molecule is CC(C)(Oc1ccc(Cl)cc1)C(=O)NCCn1ccc(-c2ccccn2)n1. The first-order valence-electron chi connectivity index (χ1n) is 8.62. The largest absolute Gasteiger partial charge is 0.478 e. The summed E-state index contributed by atoms with van der Waals surface area (Å²) in [4.78, 5) is 16.7. The van der Waals surface area contributed by atoms with Crippen LogP contribution in [0.4, 0.5) is 0 Å². The van der Waals surface area contributed by atoms with Crippen LogP contribution in [0.2, 0.25) is 5.02 Å². The average molecular weight is 385 g/mol. The second-order valence-corrected chi connectivity index (χ2v) is 6.94. The van der Waals surface area contributed by atoms with Crippen molar-refractivity contribution in [2.24, 2.45) is 0 Å². The molecule has 7 heteroatoms. The number of carbonyl (C=O) groups excluding carboxylic acids is 1. The highest BCUT2D eigenvalue weighted by Crippen LogP contribution is 2.21. The predicted molar refractivity (Wildman–Crippen MR) is 105 cm³/mol. The Morgan fingerprint density at radius 2 is 1.93 bits per heavy atom. The van der Waals surface area contributed by atoms with E-state index in [0.717, 1.165) is 11.4 Å². The summed E-state index contributed by atoms with van der Waals surface area (Å²) in [5.74, 6) is 0.390. The maximum atomic E-state index is 12.5. The Morgan fingerprint density at radius 1 is 1.15 bits per heavy atom. The van der Waals surface area contributed by atoms with E-state index in [2.05, 4.69) is 15.4 Å². The second-order valence-electron chi connectivity index (χ2n) is 6.50. The number of nitrogens with one attached hydrogen (secondary N) is 1. The number of hydrogen-bond donors (Lipinski definition) is 1. The van der Waals surface area contributed by atoms with Gasteiger partial charge in [0.05, 0.1) is 12.2 Å². The van der Waals surface area contributed by atoms with Gasteiger partial charge in [-0.15, -0.1) is 0 Å². The van der Waals surface area contributed by atoms with E-state index in [9.17, 15) is 4.79 Å². The van der Waals surface area contributed by atoms with Crippen molar-refractivity contribution in [1.29, 1.82) is 0 Å². The molecule has 0 unspecified atom stereocenters. The molecule has 27 heavy (non-hydrogen) atoms. The molecule has 6 nitrogen and oxygen atoms in total. The lowest BCUT2D eigenvalue weighted by atomic mass is 10.1. The summed E-state index contributed by atoms with van der Waals surface area (Å²) in [6, 6.07) is 14.5. The molecule has 0 saturated carbocycles. The maximum absolute atomic E-state index is 12.5. The zero-order chi connectivity index (χ0) is 19.3. The molecule has 1 N–H and O–H groups in total. The number of pyridine rings is 1. The number of nitrogens with zero attached hydrogens (tertiary/aromatic N) is 3. The zero-order valence-electron chi connectivity index (χ0n) is 15.2. The summed E-state index contributed by atoms with van der Waals surface area (Å²) in [5.41, 5.74) is 0.614. The van der Waals surface area contributed by atoms with Gasteiger partial charge in [0, 0.05) is 24.0 Å². The van der Waals surface area contributed by atoms with Crippen molar-refractivity contribution in [3.8, 4) is 17.1 Å². The fourth-order valence-electron chi connectivity index (χ4n) is 2.48. The predicted octanol–water partition coefficient (Wildman–Crippen LogP) is 3.57. The summed E-state index contributed by atoms with van der Waals surface area (Å²) in [6.07, 6.45) is 3.60. The van der Waals surface area contributed by atoms with Gasteiger partial charge in [-0.3, -0.25) is 14.5 Å². The smallest absolute Gasteiger partial charge is 0.263 e. The van der Waals surface area contributed by atoms with Gasteiger partial charge in [-0.05, 0) is 56.3 Å². The fourth-order valence-corrected chi connectivity index (χ4v) is 2.60. The Bertz CT molecular complexity index is 892. The maximum Gasteiger partial charge on any atom is 0.263 e. The molecule has 1 amide bonds. The molecule has 0 aliphatic heterocycles. The van der Waals surface area contributed by atoms with Crippen molar-refractivity contribution in [1.82, 2.24) is 20.1 Å². The van der Waals surface area contributed by atoms with Gasteiger partial charge in [0.1, 0.15) is 11.4 Å². The average Bonchev–Trinajstić information content (AvgIpc) is 3.13. The van der Waals surface area contributed by atoms with Crippen molar-refractivity contribution < 1.29 is 9.53 Å². The minimum Gasteiger partial charge on any atom is -0.478 e. The highest BCUT2D eigenvalue weighted by molar-refractivity contribution is 6.30. The lowest BCUT2D eigenvalue weighted by Gasteiger charge is -2.25. The number of hydrogen-bond acceptors (Lipinski definition) is 4. The number of halogens is 1. The van der Waals surface area contributed by atoms with E-state index < -0.39 is 5.60 Å². The third kappa shape index (κ3) is 5.08. The van der Waals surface area contributed by atoms with Crippen molar-refractivity contribution in [2.45, 2.75) is 26.0 Å². The van der Waals surface area contributed by atoms with Crippen LogP contribution in [0, 0.1) is 0 Å². The first kappa shape index (κ1) is 18.9. The minimum absolute atomic E-state index is 0.199. The zero-order valence-corrected chi connectivity index (χ0v) is 16.0. The van der Waals surface area contributed by atoms with Crippen LogP contribution in [0.1, 0.15) is 13.8 Å². The van der Waals surface area contributed by atoms with E-state index in [1.807, 2.05) is 30.5 Å². The van der Waals surface area contributed by atoms with Gasteiger partial charge in [-0.1, -0.05) is 17.7 Å². The number of carbonyl (C=O) groups is 1. The number of benzene rings is 1. The third-order valence-corrected chi connectivity index (χ3v) is 4.18. The number of amides is 1. The summed E-state index contributed by atoms with van der Waals surface area (Å²) in [6.45, 7) is 4.44. The van der Waals surface area contributed by atoms with E-state index in [0.29, 0.717) is 23.9 Å². The van der Waals surface area contributed by atoms with Crippen LogP contribution in [0.5, 0.6) is 5.75 Å². The van der Waals surface area contributed by atoms with Crippen LogP contribution in [-0.2, 0) is 11.3 Å². The number of ether oxygens (including phenoxy) is 1. The van der Waals surface area contributed by atoms with Crippen LogP contribution in [0.15, 0.2) is 60.9 Å². The lowest BCUT2D eigenvalue weighted by molar-refractivity contribution is -0.134. The first-order valence-corrected chi connectivity index (χ1v) is 8.99. The molecule has 2 aromatic heterocycles. The van der Waals surface area contributed by atoms with E-state index in [1.54, 1.807) is 49.0 Å². The highest BCUT2D eigenvalue weighted by Gasteiger charge is 2.29. The molecular weight excluding hydrogens is 364 g/mol. The van der Waals surface area contributed by atoms with E-state index in [4.69, 9.17) is 16.3 Å². The lowest BCUT2D eigenvalue weighted by Crippen LogP contribution is -2.47. The Kier molecular flexibility index (Phi) is 5.76. The molecular formula is C20H21ClN4O2. The summed E-state index contributed by atoms with van der Waals surface area (Å²) >= 11 is 5.87. The van der Waals surface area contributed by atoms with Crippen LogP contribution in [-0.4, -0.2) is 32.8 Å². The molecule has 3 aromatic rings. The van der Waals surface area contributed by atoms with Gasteiger partial charge in [0.25, 0.3) is 5.91 Å². The van der Waals surface area contributed by atoms with Gasteiger partial charge in [0.15, 0.2) is 5.60 Å². The molecule has 0 aliphatic rings. The highest BCUT2D eigenvalue weighted by atomic mass is 35.5. The van der Waals surface area contributed by atoms with Crippen molar-refractivity contribution in [2.75, 3.05) is 6.54 Å². The monoisotopic (exact) mass is 384 g/mol. The van der Waals surface area contributed by atoms with E-state index in [1.165, 1.54) is 0 Å². The molecule has 0 atom stereocenters. The van der Waals surface area contributed by atoms with Crippen LogP contribution in [0.3, 0.4) is 0 Å². The number of aromatic nitrogens is 3. The molecule has 0 radical (unpaired) electrons. The normalized spacial score (nSPS) is 11.2.